The monoisotopic (exact) mass is 420 g/mol. The first-order valence-electron chi connectivity index (χ1n) is 10.6. The molecule has 2 aromatic carbocycles. The summed E-state index contributed by atoms with van der Waals surface area (Å²) in [6, 6.07) is 14.3. The topological polar surface area (TPSA) is 60.4 Å². The third-order valence-corrected chi connectivity index (χ3v) is 5.96. The van der Waals surface area contributed by atoms with E-state index in [2.05, 4.69) is 24.3 Å². The Morgan fingerprint density at radius 1 is 1.13 bits per heavy atom. The number of nitrogens with zero attached hydrogens (tertiary/aromatic N) is 2. The molecular formula is C25H28N2O4. The Morgan fingerprint density at radius 3 is 2.52 bits per heavy atom. The molecule has 0 unspecified atom stereocenters. The molecule has 31 heavy (non-hydrogen) atoms. The number of esters is 1. The summed E-state index contributed by atoms with van der Waals surface area (Å²) in [7, 11) is 3.34. The molecule has 0 bridgehead atoms. The van der Waals surface area contributed by atoms with E-state index < -0.39 is 0 Å². The lowest BCUT2D eigenvalue weighted by Gasteiger charge is -2.31. The number of allylic oxidation sites excluding steroid dienone is 1. The number of carbonyl (C=O) groups is 1. The van der Waals surface area contributed by atoms with Crippen LogP contribution < -0.4 is 9.47 Å². The zero-order valence-electron chi connectivity index (χ0n) is 18.4. The largest absolute Gasteiger partial charge is 0.497 e. The number of hydrogen-bond acceptors (Lipinski definition) is 6. The van der Waals surface area contributed by atoms with Gasteiger partial charge in [0.25, 0.3) is 0 Å². The van der Waals surface area contributed by atoms with Gasteiger partial charge in [-0.15, -0.1) is 0 Å². The van der Waals surface area contributed by atoms with Crippen LogP contribution in [-0.2, 0) is 16.0 Å². The minimum Gasteiger partial charge on any atom is -0.497 e. The molecule has 0 radical (unpaired) electrons. The van der Waals surface area contributed by atoms with Crippen molar-refractivity contribution < 1.29 is 19.0 Å². The van der Waals surface area contributed by atoms with E-state index in [0.717, 1.165) is 46.9 Å². The van der Waals surface area contributed by atoms with Gasteiger partial charge in [-0.3, -0.25) is 5.01 Å². The number of hydrogen-bond donors (Lipinski definition) is 0. The molecule has 4 rings (SSSR count). The van der Waals surface area contributed by atoms with Crippen LogP contribution in [0.2, 0.25) is 0 Å². The highest BCUT2D eigenvalue weighted by Gasteiger charge is 2.42. The predicted molar refractivity (Wildman–Crippen MR) is 119 cm³/mol. The van der Waals surface area contributed by atoms with E-state index in [9.17, 15) is 4.79 Å². The van der Waals surface area contributed by atoms with Crippen LogP contribution in [0.15, 0.2) is 59.3 Å². The molecule has 0 saturated carbocycles. The molecule has 0 fully saturated rings. The molecule has 6 heteroatoms. The standard InChI is InChI=1S/C25H28N2O4/c1-5-31-23(28)14-16(2)27-25(18-7-10-19(29-3)11-8-18)21-13-9-17-6-12-20(30-4)15-22(17)24(21)26-27/h6-8,10-12,14-15,21,25H,5,9,13H2,1-4H3/b16-14+/t21-,25+/m0/s1. The second-order valence-electron chi connectivity index (χ2n) is 7.75. The third-order valence-electron chi connectivity index (χ3n) is 5.96. The molecule has 0 spiro atoms. The van der Waals surface area contributed by atoms with Gasteiger partial charge in [-0.25, -0.2) is 4.79 Å². The number of ether oxygens (including phenoxy) is 3. The van der Waals surface area contributed by atoms with Gasteiger partial charge in [-0.05, 0) is 62.1 Å². The van der Waals surface area contributed by atoms with Gasteiger partial charge >= 0.3 is 5.97 Å². The first kappa shape index (κ1) is 21.0. The van der Waals surface area contributed by atoms with Gasteiger partial charge < -0.3 is 14.2 Å². The highest BCUT2D eigenvalue weighted by Crippen LogP contribution is 2.45. The maximum Gasteiger partial charge on any atom is 0.332 e. The van der Waals surface area contributed by atoms with Crippen LogP contribution in [0.5, 0.6) is 11.5 Å². The van der Waals surface area contributed by atoms with Crippen molar-refractivity contribution >= 4 is 11.7 Å². The van der Waals surface area contributed by atoms with Crippen molar-refractivity contribution in [1.82, 2.24) is 5.01 Å². The van der Waals surface area contributed by atoms with E-state index in [1.165, 1.54) is 11.6 Å². The lowest BCUT2D eigenvalue weighted by molar-refractivity contribution is -0.137. The first-order valence-corrected chi connectivity index (χ1v) is 10.6. The number of carbonyl (C=O) groups excluding carboxylic acids is 1. The predicted octanol–water partition coefficient (Wildman–Crippen LogP) is 4.49. The Morgan fingerprint density at radius 2 is 1.84 bits per heavy atom. The fourth-order valence-corrected chi connectivity index (χ4v) is 4.46. The number of benzene rings is 2. The van der Waals surface area contributed by atoms with Crippen molar-refractivity contribution in [1.29, 1.82) is 0 Å². The highest BCUT2D eigenvalue weighted by molar-refractivity contribution is 6.06. The second kappa shape index (κ2) is 8.84. The van der Waals surface area contributed by atoms with Gasteiger partial charge in [-0.1, -0.05) is 18.2 Å². The van der Waals surface area contributed by atoms with Gasteiger partial charge in [0.1, 0.15) is 11.5 Å². The van der Waals surface area contributed by atoms with Crippen molar-refractivity contribution in [2.75, 3.05) is 20.8 Å². The molecular weight excluding hydrogens is 392 g/mol. The number of fused-ring (bicyclic) bond motifs is 3. The molecule has 0 saturated heterocycles. The van der Waals surface area contributed by atoms with Crippen molar-refractivity contribution in [2.24, 2.45) is 11.0 Å². The summed E-state index contributed by atoms with van der Waals surface area (Å²) >= 11 is 0. The summed E-state index contributed by atoms with van der Waals surface area (Å²) in [6.45, 7) is 4.05. The lowest BCUT2D eigenvalue weighted by atomic mass is 9.77. The van der Waals surface area contributed by atoms with E-state index in [0.29, 0.717) is 6.61 Å². The third kappa shape index (κ3) is 4.02. The quantitative estimate of drug-likeness (QED) is 0.509. The Balaban J connectivity index is 1.78. The Hall–Kier alpha value is -3.28. The second-order valence-corrected chi connectivity index (χ2v) is 7.75. The average Bonchev–Trinajstić information content (AvgIpc) is 3.19. The molecule has 1 aliphatic carbocycles. The van der Waals surface area contributed by atoms with Crippen LogP contribution in [-0.4, -0.2) is 37.5 Å². The molecule has 0 N–H and O–H groups in total. The molecule has 2 aliphatic rings. The Bertz CT molecular complexity index is 1030. The van der Waals surface area contributed by atoms with Crippen molar-refractivity contribution in [2.45, 2.75) is 32.7 Å². The van der Waals surface area contributed by atoms with E-state index in [-0.39, 0.29) is 17.9 Å². The SMILES string of the molecule is CCOC(=O)/C=C(\C)N1N=C2c3cc(OC)ccc3CC[C@@H]2[C@H]1c1ccc(OC)cc1. The Labute approximate surface area is 183 Å². The van der Waals surface area contributed by atoms with Gasteiger partial charge in [0, 0.05) is 23.3 Å². The first-order chi connectivity index (χ1) is 15.0. The molecule has 2 atom stereocenters. The molecule has 0 amide bonds. The maximum atomic E-state index is 12.1. The molecule has 2 aromatic rings. The van der Waals surface area contributed by atoms with Gasteiger partial charge in [0.15, 0.2) is 0 Å². The highest BCUT2D eigenvalue weighted by atomic mass is 16.5. The molecule has 162 valence electrons. The van der Waals surface area contributed by atoms with Crippen LogP contribution in [0, 0.1) is 5.92 Å². The normalized spacial score (nSPS) is 19.9. The summed E-state index contributed by atoms with van der Waals surface area (Å²) in [5.41, 5.74) is 5.33. The van der Waals surface area contributed by atoms with E-state index in [4.69, 9.17) is 19.3 Å². The lowest BCUT2D eigenvalue weighted by Crippen LogP contribution is -2.28. The van der Waals surface area contributed by atoms with E-state index in [1.807, 2.05) is 30.1 Å². The van der Waals surface area contributed by atoms with Gasteiger partial charge in [0.2, 0.25) is 0 Å². The van der Waals surface area contributed by atoms with Crippen molar-refractivity contribution in [3.8, 4) is 11.5 Å². The van der Waals surface area contributed by atoms with Gasteiger partial charge in [0.05, 0.1) is 32.6 Å². The number of rotatable bonds is 6. The number of hydrazone groups is 1. The van der Waals surface area contributed by atoms with Crippen LogP contribution in [0.1, 0.15) is 43.0 Å². The summed E-state index contributed by atoms with van der Waals surface area (Å²) in [5, 5.41) is 6.99. The van der Waals surface area contributed by atoms with Crippen molar-refractivity contribution in [3.05, 3.63) is 70.9 Å². The van der Waals surface area contributed by atoms with Crippen LogP contribution in [0.4, 0.5) is 0 Å². The molecule has 1 heterocycles. The fraction of sp³-hybridized carbons (Fsp3) is 0.360. The molecule has 6 nitrogen and oxygen atoms in total. The average molecular weight is 421 g/mol. The van der Waals surface area contributed by atoms with Gasteiger partial charge in [-0.2, -0.15) is 5.10 Å². The Kier molecular flexibility index (Phi) is 5.98. The van der Waals surface area contributed by atoms with E-state index >= 15 is 0 Å². The smallest absolute Gasteiger partial charge is 0.332 e. The summed E-state index contributed by atoms with van der Waals surface area (Å²) in [5.74, 6) is 1.48. The minimum atomic E-state index is -0.356. The zero-order chi connectivity index (χ0) is 22.0. The summed E-state index contributed by atoms with van der Waals surface area (Å²) < 4.78 is 15.9. The van der Waals surface area contributed by atoms with Crippen LogP contribution in [0.25, 0.3) is 0 Å². The van der Waals surface area contributed by atoms with Crippen molar-refractivity contribution in [3.63, 3.8) is 0 Å². The summed E-state index contributed by atoms with van der Waals surface area (Å²) in [6.07, 6.45) is 3.48. The number of methoxy groups -OCH3 is 2. The fourth-order valence-electron chi connectivity index (χ4n) is 4.46. The number of aryl methyl sites for hydroxylation is 1. The zero-order valence-corrected chi connectivity index (χ0v) is 18.4. The summed E-state index contributed by atoms with van der Waals surface area (Å²) in [4.78, 5) is 12.1. The maximum absolute atomic E-state index is 12.1. The minimum absolute atomic E-state index is 0.00839. The van der Waals surface area contributed by atoms with Crippen LogP contribution >= 0.6 is 0 Å². The molecule has 1 aliphatic heterocycles. The van der Waals surface area contributed by atoms with Crippen LogP contribution in [0.3, 0.4) is 0 Å². The van der Waals surface area contributed by atoms with E-state index in [1.54, 1.807) is 21.1 Å². The molecule has 0 aromatic heterocycles.